The molecule has 3 N–H and O–H groups in total. The number of carbonyl (C=O) groups is 2. The average molecular weight is 290 g/mol. The summed E-state index contributed by atoms with van der Waals surface area (Å²) in [5.41, 5.74) is 0.0758. The van der Waals surface area contributed by atoms with Gasteiger partial charge in [0.1, 0.15) is 5.75 Å². The van der Waals surface area contributed by atoms with Gasteiger partial charge in [0.05, 0.1) is 5.56 Å². The van der Waals surface area contributed by atoms with Gasteiger partial charge < -0.3 is 15.7 Å². The number of alkyl halides is 3. The molecular weight excluding hydrogens is 277 g/mol. The minimum Gasteiger partial charge on any atom is -0.507 e. The lowest BCUT2D eigenvalue weighted by Crippen LogP contribution is -2.38. The van der Waals surface area contributed by atoms with Crippen molar-refractivity contribution in [2.75, 3.05) is 13.1 Å². The molecule has 0 aliphatic heterocycles. The van der Waals surface area contributed by atoms with Gasteiger partial charge in [0.25, 0.3) is 5.91 Å². The van der Waals surface area contributed by atoms with Crippen LogP contribution in [-0.4, -0.2) is 36.2 Å². The van der Waals surface area contributed by atoms with Crippen LogP contribution in [0.4, 0.5) is 13.2 Å². The van der Waals surface area contributed by atoms with Crippen LogP contribution >= 0.6 is 0 Å². The van der Waals surface area contributed by atoms with Crippen LogP contribution in [0.25, 0.3) is 0 Å². The second-order valence-corrected chi connectivity index (χ2v) is 3.88. The smallest absolute Gasteiger partial charge is 0.471 e. The molecule has 2 amide bonds. The monoisotopic (exact) mass is 290 g/mol. The highest BCUT2D eigenvalue weighted by molar-refractivity contribution is 5.96. The Hall–Kier alpha value is -2.25. The molecule has 0 atom stereocenters. The minimum absolute atomic E-state index is 0.0747. The molecule has 110 valence electrons. The molecule has 0 spiro atoms. The summed E-state index contributed by atoms with van der Waals surface area (Å²) < 4.78 is 35.5. The molecule has 0 saturated heterocycles. The van der Waals surface area contributed by atoms with Crippen molar-refractivity contribution in [2.45, 2.75) is 12.6 Å². The summed E-state index contributed by atoms with van der Waals surface area (Å²) in [4.78, 5) is 22.1. The normalized spacial score (nSPS) is 10.9. The number of hydrogen-bond acceptors (Lipinski definition) is 3. The van der Waals surface area contributed by atoms with Gasteiger partial charge in [-0.15, -0.1) is 0 Å². The summed E-state index contributed by atoms with van der Waals surface area (Å²) in [6, 6.07) is 5.88. The van der Waals surface area contributed by atoms with Crippen LogP contribution in [0.5, 0.6) is 5.75 Å². The maximum atomic E-state index is 11.8. The number of phenolic OH excluding ortho intramolecular Hbond substituents is 1. The number of benzene rings is 1. The summed E-state index contributed by atoms with van der Waals surface area (Å²) in [5, 5.41) is 13.5. The number of nitrogens with one attached hydrogen (secondary N) is 2. The van der Waals surface area contributed by atoms with E-state index in [-0.39, 0.29) is 30.8 Å². The van der Waals surface area contributed by atoms with E-state index < -0.39 is 18.0 Å². The number of hydrogen-bond donors (Lipinski definition) is 3. The van der Waals surface area contributed by atoms with Gasteiger partial charge in [0.15, 0.2) is 0 Å². The molecule has 1 aromatic carbocycles. The maximum Gasteiger partial charge on any atom is 0.471 e. The summed E-state index contributed by atoms with van der Waals surface area (Å²) in [5.74, 6) is -2.73. The summed E-state index contributed by atoms with van der Waals surface area (Å²) in [6.07, 6.45) is -4.76. The van der Waals surface area contributed by atoms with Crippen molar-refractivity contribution >= 4 is 11.8 Å². The van der Waals surface area contributed by atoms with Crippen molar-refractivity contribution in [1.82, 2.24) is 10.6 Å². The Morgan fingerprint density at radius 1 is 1.10 bits per heavy atom. The Morgan fingerprint density at radius 2 is 1.70 bits per heavy atom. The van der Waals surface area contributed by atoms with E-state index in [1.165, 1.54) is 12.1 Å². The highest BCUT2D eigenvalue weighted by Crippen LogP contribution is 2.15. The zero-order valence-corrected chi connectivity index (χ0v) is 10.3. The Morgan fingerprint density at radius 3 is 2.30 bits per heavy atom. The fraction of sp³-hybridized carbons (Fsp3) is 0.333. The Bertz CT molecular complexity index is 489. The van der Waals surface area contributed by atoms with Crippen LogP contribution in [0.1, 0.15) is 16.8 Å². The number of phenols is 1. The zero-order chi connectivity index (χ0) is 15.2. The maximum absolute atomic E-state index is 11.8. The predicted molar refractivity (Wildman–Crippen MR) is 64.1 cm³/mol. The molecule has 5 nitrogen and oxygen atoms in total. The summed E-state index contributed by atoms with van der Waals surface area (Å²) >= 11 is 0. The molecular formula is C12H13F3N2O3. The molecule has 1 rings (SSSR count). The Balaban J connectivity index is 2.27. The van der Waals surface area contributed by atoms with Crippen molar-refractivity contribution in [1.29, 1.82) is 0 Å². The lowest BCUT2D eigenvalue weighted by molar-refractivity contribution is -0.173. The SMILES string of the molecule is O=C(NCCCNC(=O)C(F)(F)F)c1ccccc1O. The number of para-hydroxylation sites is 1. The van der Waals surface area contributed by atoms with Gasteiger partial charge >= 0.3 is 12.1 Å². The molecule has 0 aromatic heterocycles. The first-order chi connectivity index (χ1) is 9.32. The van der Waals surface area contributed by atoms with Crippen molar-refractivity contribution < 1.29 is 27.9 Å². The van der Waals surface area contributed by atoms with Crippen LogP contribution in [0.15, 0.2) is 24.3 Å². The van der Waals surface area contributed by atoms with E-state index in [0.717, 1.165) is 0 Å². The van der Waals surface area contributed by atoms with Gasteiger partial charge in [-0.05, 0) is 18.6 Å². The van der Waals surface area contributed by atoms with E-state index >= 15 is 0 Å². The second kappa shape index (κ2) is 6.78. The number of aromatic hydroxyl groups is 1. The largest absolute Gasteiger partial charge is 0.507 e. The standard InChI is InChI=1S/C12H13F3N2O3/c13-12(14,15)11(20)17-7-3-6-16-10(19)8-4-1-2-5-9(8)18/h1-2,4-5,18H,3,6-7H2,(H,16,19)(H,17,20). The molecule has 0 aliphatic carbocycles. The van der Waals surface area contributed by atoms with Crippen LogP contribution in [0.2, 0.25) is 0 Å². The van der Waals surface area contributed by atoms with Gasteiger partial charge in [-0.2, -0.15) is 13.2 Å². The molecule has 20 heavy (non-hydrogen) atoms. The van der Waals surface area contributed by atoms with Gasteiger partial charge in [-0.3, -0.25) is 9.59 Å². The fourth-order valence-corrected chi connectivity index (χ4v) is 1.35. The molecule has 0 fully saturated rings. The van der Waals surface area contributed by atoms with E-state index in [2.05, 4.69) is 5.32 Å². The first-order valence-corrected chi connectivity index (χ1v) is 5.73. The summed E-state index contributed by atoms with van der Waals surface area (Å²) in [7, 11) is 0. The number of rotatable bonds is 5. The van der Waals surface area contributed by atoms with Crippen LogP contribution < -0.4 is 10.6 Å². The van der Waals surface area contributed by atoms with Crippen molar-refractivity contribution in [3.63, 3.8) is 0 Å². The number of carbonyl (C=O) groups excluding carboxylic acids is 2. The molecule has 0 saturated carbocycles. The first kappa shape index (κ1) is 15.8. The topological polar surface area (TPSA) is 78.4 Å². The third-order valence-electron chi connectivity index (χ3n) is 2.33. The average Bonchev–Trinajstić information content (AvgIpc) is 2.37. The quantitative estimate of drug-likeness (QED) is 0.713. The molecule has 0 aliphatic rings. The highest BCUT2D eigenvalue weighted by Gasteiger charge is 2.38. The van der Waals surface area contributed by atoms with E-state index in [9.17, 15) is 27.9 Å². The van der Waals surface area contributed by atoms with Crippen molar-refractivity contribution in [3.8, 4) is 5.75 Å². The second-order valence-electron chi connectivity index (χ2n) is 3.88. The minimum atomic E-state index is -4.90. The molecule has 0 unspecified atom stereocenters. The first-order valence-electron chi connectivity index (χ1n) is 5.73. The Kier molecular flexibility index (Phi) is 5.36. The van der Waals surface area contributed by atoms with Crippen LogP contribution in [0, 0.1) is 0 Å². The van der Waals surface area contributed by atoms with E-state index in [4.69, 9.17) is 0 Å². The highest BCUT2D eigenvalue weighted by atomic mass is 19.4. The number of amides is 2. The van der Waals surface area contributed by atoms with Crippen LogP contribution in [-0.2, 0) is 4.79 Å². The predicted octanol–water partition coefficient (Wildman–Crippen LogP) is 1.19. The van der Waals surface area contributed by atoms with Gasteiger partial charge in [0, 0.05) is 13.1 Å². The lowest BCUT2D eigenvalue weighted by Gasteiger charge is -2.09. The third kappa shape index (κ3) is 4.79. The van der Waals surface area contributed by atoms with Crippen molar-refractivity contribution in [3.05, 3.63) is 29.8 Å². The van der Waals surface area contributed by atoms with Gasteiger partial charge in [0.2, 0.25) is 0 Å². The molecule has 0 heterocycles. The van der Waals surface area contributed by atoms with Crippen molar-refractivity contribution in [2.24, 2.45) is 0 Å². The molecule has 1 aromatic rings. The fourth-order valence-electron chi connectivity index (χ4n) is 1.35. The van der Waals surface area contributed by atoms with E-state index in [1.807, 2.05) is 0 Å². The van der Waals surface area contributed by atoms with E-state index in [1.54, 1.807) is 17.4 Å². The van der Waals surface area contributed by atoms with E-state index in [0.29, 0.717) is 0 Å². The molecule has 0 radical (unpaired) electrons. The van der Waals surface area contributed by atoms with Crippen LogP contribution in [0.3, 0.4) is 0 Å². The third-order valence-corrected chi connectivity index (χ3v) is 2.33. The zero-order valence-electron chi connectivity index (χ0n) is 10.3. The number of halogens is 3. The van der Waals surface area contributed by atoms with Gasteiger partial charge in [-0.1, -0.05) is 12.1 Å². The summed E-state index contributed by atoms with van der Waals surface area (Å²) in [6.45, 7) is -0.134. The molecule has 8 heteroatoms. The van der Waals surface area contributed by atoms with Gasteiger partial charge in [-0.25, -0.2) is 0 Å². The Labute approximate surface area is 112 Å². The molecule has 0 bridgehead atoms. The lowest BCUT2D eigenvalue weighted by atomic mass is 10.2.